The largest absolute Gasteiger partial charge is 0.486 e. The molecule has 2 rings (SSSR count). The standard InChI is InChI=1S/C14H18Br2O2/c1-2-3-4-5-11(15)10-8-13-14(9-12(10)16)18-7-6-17-13/h8-9,11H,2-7H2,1H3. The van der Waals surface area contributed by atoms with Crippen LogP contribution in [-0.2, 0) is 0 Å². The lowest BCUT2D eigenvalue weighted by atomic mass is 10.1. The number of hydrogen-bond acceptors (Lipinski definition) is 2. The first-order valence-corrected chi connectivity index (χ1v) is 8.16. The minimum atomic E-state index is 0.370. The van der Waals surface area contributed by atoms with Crippen LogP contribution in [-0.4, -0.2) is 13.2 Å². The van der Waals surface area contributed by atoms with Crippen molar-refractivity contribution in [2.45, 2.75) is 37.4 Å². The molecule has 18 heavy (non-hydrogen) atoms. The summed E-state index contributed by atoms with van der Waals surface area (Å²) in [6.45, 7) is 3.49. The molecule has 0 radical (unpaired) electrons. The third-order valence-electron chi connectivity index (χ3n) is 3.06. The van der Waals surface area contributed by atoms with E-state index in [1.807, 2.05) is 6.07 Å². The van der Waals surface area contributed by atoms with Gasteiger partial charge in [-0.15, -0.1) is 0 Å². The maximum atomic E-state index is 5.63. The molecule has 0 amide bonds. The molecule has 0 aromatic heterocycles. The van der Waals surface area contributed by atoms with Crippen molar-refractivity contribution in [1.82, 2.24) is 0 Å². The average Bonchev–Trinajstić information content (AvgIpc) is 2.38. The lowest BCUT2D eigenvalue weighted by Gasteiger charge is -2.21. The van der Waals surface area contributed by atoms with Crippen LogP contribution in [0.3, 0.4) is 0 Å². The molecule has 1 aliphatic heterocycles. The molecule has 0 saturated heterocycles. The minimum absolute atomic E-state index is 0.370. The Bertz CT molecular complexity index is 407. The molecule has 0 aliphatic carbocycles. The van der Waals surface area contributed by atoms with Gasteiger partial charge in [-0.3, -0.25) is 0 Å². The maximum Gasteiger partial charge on any atom is 0.162 e. The molecule has 0 N–H and O–H groups in total. The van der Waals surface area contributed by atoms with Gasteiger partial charge >= 0.3 is 0 Å². The van der Waals surface area contributed by atoms with E-state index in [0.29, 0.717) is 18.0 Å². The molecule has 2 nitrogen and oxygen atoms in total. The molecule has 1 unspecified atom stereocenters. The Morgan fingerprint density at radius 3 is 2.50 bits per heavy atom. The normalized spacial score (nSPS) is 15.5. The zero-order valence-corrected chi connectivity index (χ0v) is 13.7. The van der Waals surface area contributed by atoms with Gasteiger partial charge in [-0.1, -0.05) is 58.0 Å². The van der Waals surface area contributed by atoms with E-state index in [2.05, 4.69) is 44.8 Å². The fourth-order valence-corrected chi connectivity index (χ4v) is 3.66. The Morgan fingerprint density at radius 2 is 1.83 bits per heavy atom. The molecule has 100 valence electrons. The monoisotopic (exact) mass is 376 g/mol. The van der Waals surface area contributed by atoms with Gasteiger partial charge in [0.25, 0.3) is 0 Å². The van der Waals surface area contributed by atoms with Crippen molar-refractivity contribution in [2.24, 2.45) is 0 Å². The van der Waals surface area contributed by atoms with Gasteiger partial charge in [0.15, 0.2) is 11.5 Å². The van der Waals surface area contributed by atoms with Crippen molar-refractivity contribution in [3.63, 3.8) is 0 Å². The van der Waals surface area contributed by atoms with Crippen molar-refractivity contribution in [1.29, 1.82) is 0 Å². The SMILES string of the molecule is CCCCCC(Br)c1cc2c(cc1Br)OCCO2. The highest BCUT2D eigenvalue weighted by molar-refractivity contribution is 9.11. The van der Waals surface area contributed by atoms with Crippen LogP contribution in [0.1, 0.15) is 43.0 Å². The summed E-state index contributed by atoms with van der Waals surface area (Å²) in [5.41, 5.74) is 1.25. The number of ether oxygens (including phenoxy) is 2. The fourth-order valence-electron chi connectivity index (χ4n) is 2.05. The van der Waals surface area contributed by atoms with Gasteiger partial charge in [0.05, 0.1) is 0 Å². The van der Waals surface area contributed by atoms with Crippen LogP contribution in [0, 0.1) is 0 Å². The van der Waals surface area contributed by atoms with E-state index in [-0.39, 0.29) is 0 Å². The molecule has 1 aromatic rings. The summed E-state index contributed by atoms with van der Waals surface area (Å²) >= 11 is 7.39. The van der Waals surface area contributed by atoms with E-state index in [4.69, 9.17) is 9.47 Å². The number of alkyl halides is 1. The van der Waals surface area contributed by atoms with E-state index in [0.717, 1.165) is 22.4 Å². The Hall–Kier alpha value is -0.220. The van der Waals surface area contributed by atoms with Gasteiger partial charge in [0, 0.05) is 9.30 Å². The second kappa shape index (κ2) is 6.80. The maximum absolute atomic E-state index is 5.63. The highest BCUT2D eigenvalue weighted by Crippen LogP contribution is 2.41. The lowest BCUT2D eigenvalue weighted by molar-refractivity contribution is 0.171. The molecule has 0 spiro atoms. The van der Waals surface area contributed by atoms with Crippen LogP contribution in [0.15, 0.2) is 16.6 Å². The van der Waals surface area contributed by atoms with E-state index < -0.39 is 0 Å². The summed E-state index contributed by atoms with van der Waals surface area (Å²) in [6.07, 6.45) is 4.92. The molecular weight excluding hydrogens is 360 g/mol. The summed E-state index contributed by atoms with van der Waals surface area (Å²) in [4.78, 5) is 0.370. The highest BCUT2D eigenvalue weighted by atomic mass is 79.9. The third kappa shape index (κ3) is 3.41. The number of hydrogen-bond donors (Lipinski definition) is 0. The summed E-state index contributed by atoms with van der Waals surface area (Å²) < 4.78 is 12.3. The first kappa shape index (κ1) is 14.2. The predicted molar refractivity (Wildman–Crippen MR) is 80.9 cm³/mol. The van der Waals surface area contributed by atoms with Crippen molar-refractivity contribution in [3.05, 3.63) is 22.2 Å². The minimum Gasteiger partial charge on any atom is -0.486 e. The molecule has 1 aromatic carbocycles. The second-order valence-corrected chi connectivity index (χ2v) is 6.44. The molecule has 0 saturated carbocycles. The number of rotatable bonds is 5. The first-order chi connectivity index (χ1) is 8.72. The van der Waals surface area contributed by atoms with Crippen molar-refractivity contribution >= 4 is 31.9 Å². The molecule has 4 heteroatoms. The van der Waals surface area contributed by atoms with Gasteiger partial charge < -0.3 is 9.47 Å². The molecular formula is C14H18Br2O2. The third-order valence-corrected chi connectivity index (χ3v) is 4.70. The Morgan fingerprint density at radius 1 is 1.17 bits per heavy atom. The number of fused-ring (bicyclic) bond motifs is 1. The fraction of sp³-hybridized carbons (Fsp3) is 0.571. The predicted octanol–water partition coefficient (Wildman–Crippen LogP) is 5.24. The number of halogens is 2. The van der Waals surface area contributed by atoms with E-state index in [9.17, 15) is 0 Å². The Balaban J connectivity index is 2.12. The smallest absolute Gasteiger partial charge is 0.162 e. The summed E-state index contributed by atoms with van der Waals surface area (Å²) in [5, 5.41) is 0. The van der Waals surface area contributed by atoms with Crippen molar-refractivity contribution < 1.29 is 9.47 Å². The van der Waals surface area contributed by atoms with Gasteiger partial charge in [-0.25, -0.2) is 0 Å². The number of benzene rings is 1. The zero-order chi connectivity index (χ0) is 13.0. The van der Waals surface area contributed by atoms with E-state index in [1.54, 1.807) is 0 Å². The zero-order valence-electron chi connectivity index (χ0n) is 10.5. The van der Waals surface area contributed by atoms with Crippen LogP contribution in [0.25, 0.3) is 0 Å². The van der Waals surface area contributed by atoms with Crippen LogP contribution in [0.5, 0.6) is 11.5 Å². The quantitative estimate of drug-likeness (QED) is 0.516. The second-order valence-electron chi connectivity index (χ2n) is 4.48. The van der Waals surface area contributed by atoms with Crippen molar-refractivity contribution in [3.8, 4) is 11.5 Å². The molecule has 1 atom stereocenters. The average molecular weight is 378 g/mol. The van der Waals surface area contributed by atoms with Crippen LogP contribution >= 0.6 is 31.9 Å². The van der Waals surface area contributed by atoms with Crippen molar-refractivity contribution in [2.75, 3.05) is 13.2 Å². The van der Waals surface area contributed by atoms with E-state index in [1.165, 1.54) is 24.8 Å². The Kier molecular flexibility index (Phi) is 5.37. The summed E-state index contributed by atoms with van der Waals surface area (Å²) in [5.74, 6) is 1.70. The van der Waals surface area contributed by atoms with Gasteiger partial charge in [0.1, 0.15) is 13.2 Å². The Labute approximate surface area is 125 Å². The molecule has 0 fully saturated rings. The first-order valence-electron chi connectivity index (χ1n) is 6.45. The number of unbranched alkanes of at least 4 members (excludes halogenated alkanes) is 2. The molecule has 0 bridgehead atoms. The summed E-state index contributed by atoms with van der Waals surface area (Å²) in [7, 11) is 0. The highest BCUT2D eigenvalue weighted by Gasteiger charge is 2.18. The van der Waals surface area contributed by atoms with Crippen LogP contribution in [0.4, 0.5) is 0 Å². The topological polar surface area (TPSA) is 18.5 Å². The van der Waals surface area contributed by atoms with E-state index >= 15 is 0 Å². The van der Waals surface area contributed by atoms with Gasteiger partial charge in [0.2, 0.25) is 0 Å². The molecule has 1 aliphatic rings. The molecule has 1 heterocycles. The lowest BCUT2D eigenvalue weighted by Crippen LogP contribution is -2.15. The van der Waals surface area contributed by atoms with Crippen LogP contribution < -0.4 is 9.47 Å². The van der Waals surface area contributed by atoms with Gasteiger partial charge in [-0.05, 0) is 24.1 Å². The summed E-state index contributed by atoms with van der Waals surface area (Å²) in [6, 6.07) is 4.10. The van der Waals surface area contributed by atoms with Crippen LogP contribution in [0.2, 0.25) is 0 Å². The van der Waals surface area contributed by atoms with Gasteiger partial charge in [-0.2, -0.15) is 0 Å².